The van der Waals surface area contributed by atoms with Gasteiger partial charge in [-0.15, -0.1) is 11.3 Å². The summed E-state index contributed by atoms with van der Waals surface area (Å²) < 4.78 is 32.7. The quantitative estimate of drug-likeness (QED) is 0.607. The lowest BCUT2D eigenvalue weighted by Gasteiger charge is -2.08. The first-order valence-electron chi connectivity index (χ1n) is 8.58. The van der Waals surface area contributed by atoms with Crippen LogP contribution in [-0.2, 0) is 21.2 Å². The van der Waals surface area contributed by atoms with Crippen molar-refractivity contribution in [2.45, 2.75) is 32.1 Å². The molecule has 3 aromatic rings. The van der Waals surface area contributed by atoms with Crippen molar-refractivity contribution in [3.8, 4) is 10.7 Å². The molecule has 0 fully saturated rings. The number of aromatic nitrogens is 2. The van der Waals surface area contributed by atoms with Crippen LogP contribution in [0.4, 0.5) is 5.69 Å². The van der Waals surface area contributed by atoms with Crippen LogP contribution in [0.1, 0.15) is 23.3 Å². The second-order valence-corrected chi connectivity index (χ2v) is 9.13. The predicted octanol–water partition coefficient (Wildman–Crippen LogP) is 2.89. The van der Waals surface area contributed by atoms with E-state index in [0.29, 0.717) is 33.6 Å². The zero-order valence-electron chi connectivity index (χ0n) is 15.6. The molecule has 0 saturated heterocycles. The van der Waals surface area contributed by atoms with E-state index in [-0.39, 0.29) is 11.4 Å². The number of anilines is 1. The Bertz CT molecular complexity index is 1100. The third-order valence-electron chi connectivity index (χ3n) is 3.88. The number of amides is 1. The molecule has 0 bridgehead atoms. The second kappa shape index (κ2) is 8.21. The Morgan fingerprint density at radius 2 is 2.04 bits per heavy atom. The van der Waals surface area contributed by atoms with Crippen LogP contribution >= 0.6 is 11.3 Å². The van der Waals surface area contributed by atoms with Gasteiger partial charge in [0.15, 0.2) is 0 Å². The van der Waals surface area contributed by atoms with E-state index in [9.17, 15) is 13.2 Å². The summed E-state index contributed by atoms with van der Waals surface area (Å²) in [6.07, 6.45) is 0.597. The molecule has 0 saturated carbocycles. The van der Waals surface area contributed by atoms with Gasteiger partial charge in [-0.1, -0.05) is 24.2 Å². The summed E-state index contributed by atoms with van der Waals surface area (Å²) in [7, 11) is -3.86. The average molecular weight is 421 g/mol. The van der Waals surface area contributed by atoms with Crippen LogP contribution < -0.4 is 10.0 Å². The number of hydrogen-bond acceptors (Lipinski definition) is 7. The number of carbonyl (C=O) groups excluding carboxylic acids is 1. The van der Waals surface area contributed by atoms with E-state index in [1.165, 1.54) is 17.4 Å². The van der Waals surface area contributed by atoms with Gasteiger partial charge in [-0.3, -0.25) is 4.79 Å². The number of aryl methyl sites for hydroxylation is 3. The molecule has 0 unspecified atom stereocenters. The number of nitrogens with zero attached hydrogens (tertiary/aromatic N) is 2. The third-order valence-corrected chi connectivity index (χ3v) is 6.58. The van der Waals surface area contributed by atoms with E-state index in [2.05, 4.69) is 20.2 Å². The minimum absolute atomic E-state index is 0.0960. The molecule has 8 nitrogen and oxygen atoms in total. The number of nitrogens with one attached hydrogen (secondary N) is 2. The van der Waals surface area contributed by atoms with Crippen molar-refractivity contribution in [1.82, 2.24) is 14.9 Å². The zero-order valence-corrected chi connectivity index (χ0v) is 17.3. The monoisotopic (exact) mass is 420 g/mol. The summed E-state index contributed by atoms with van der Waals surface area (Å²) in [6.45, 7) is 5.11. The van der Waals surface area contributed by atoms with Crippen LogP contribution in [0.3, 0.4) is 0 Å². The number of benzene rings is 1. The minimum atomic E-state index is -3.86. The molecule has 0 aliphatic rings. The Morgan fingerprint density at radius 1 is 1.25 bits per heavy atom. The van der Waals surface area contributed by atoms with Crippen molar-refractivity contribution in [2.24, 2.45) is 0 Å². The van der Waals surface area contributed by atoms with Crippen LogP contribution in [0.5, 0.6) is 0 Å². The van der Waals surface area contributed by atoms with Gasteiger partial charge in [0, 0.05) is 17.0 Å². The van der Waals surface area contributed by atoms with E-state index in [4.69, 9.17) is 4.52 Å². The van der Waals surface area contributed by atoms with Gasteiger partial charge in [0.2, 0.25) is 27.6 Å². The fourth-order valence-electron chi connectivity index (χ4n) is 2.51. The molecule has 1 aromatic carbocycles. The van der Waals surface area contributed by atoms with Gasteiger partial charge < -0.3 is 9.84 Å². The van der Waals surface area contributed by atoms with Crippen molar-refractivity contribution < 1.29 is 17.7 Å². The van der Waals surface area contributed by atoms with Crippen molar-refractivity contribution in [2.75, 3.05) is 11.9 Å². The van der Waals surface area contributed by atoms with Crippen LogP contribution in [0.15, 0.2) is 39.8 Å². The van der Waals surface area contributed by atoms with Crippen LogP contribution in [0, 0.1) is 13.8 Å². The van der Waals surface area contributed by atoms with Crippen molar-refractivity contribution in [1.29, 1.82) is 0 Å². The van der Waals surface area contributed by atoms with E-state index < -0.39 is 15.9 Å². The summed E-state index contributed by atoms with van der Waals surface area (Å²) in [4.78, 5) is 17.6. The molecule has 0 aliphatic heterocycles. The van der Waals surface area contributed by atoms with E-state index in [0.717, 1.165) is 5.56 Å². The van der Waals surface area contributed by atoms with Gasteiger partial charge in [-0.2, -0.15) is 4.98 Å². The van der Waals surface area contributed by atoms with Crippen LogP contribution in [-0.4, -0.2) is 31.0 Å². The molecule has 0 atom stereocenters. The van der Waals surface area contributed by atoms with Gasteiger partial charge in [-0.05, 0) is 37.6 Å². The van der Waals surface area contributed by atoms with E-state index in [1.54, 1.807) is 19.1 Å². The number of thiophene rings is 1. The molecule has 0 radical (unpaired) electrons. The van der Waals surface area contributed by atoms with Gasteiger partial charge in [-0.25, -0.2) is 13.1 Å². The lowest BCUT2D eigenvalue weighted by Crippen LogP contribution is -2.33. The lowest BCUT2D eigenvalue weighted by atomic mass is 10.2. The van der Waals surface area contributed by atoms with E-state index >= 15 is 0 Å². The van der Waals surface area contributed by atoms with Gasteiger partial charge >= 0.3 is 0 Å². The van der Waals surface area contributed by atoms with E-state index in [1.807, 2.05) is 26.0 Å². The Labute approximate surface area is 167 Å². The van der Waals surface area contributed by atoms with Crippen LogP contribution in [0.2, 0.25) is 0 Å². The molecule has 28 heavy (non-hydrogen) atoms. The standard InChI is InChI=1S/C18H20N4O4S2/c1-4-17-21-18(22-26-17)14-9-15(12(3)27-14)28(24,25)19-10-16(23)20-13-7-5-6-11(2)8-13/h5-9,19H,4,10H2,1-3H3,(H,20,23). The van der Waals surface area contributed by atoms with Gasteiger partial charge in [0.1, 0.15) is 0 Å². The number of carbonyl (C=O) groups is 1. The SMILES string of the molecule is CCc1nc(-c2cc(S(=O)(=O)NCC(=O)Nc3cccc(C)c3)c(C)s2)no1. The third kappa shape index (κ3) is 4.64. The summed E-state index contributed by atoms with van der Waals surface area (Å²) in [5.41, 5.74) is 1.61. The molecule has 1 amide bonds. The van der Waals surface area contributed by atoms with Gasteiger partial charge in [0.05, 0.1) is 16.3 Å². The molecule has 10 heteroatoms. The highest BCUT2D eigenvalue weighted by atomic mass is 32.2. The highest BCUT2D eigenvalue weighted by Gasteiger charge is 2.23. The maximum absolute atomic E-state index is 12.6. The first-order chi connectivity index (χ1) is 13.3. The van der Waals surface area contributed by atoms with Crippen molar-refractivity contribution in [3.05, 3.63) is 46.7 Å². The molecule has 2 N–H and O–H groups in total. The van der Waals surface area contributed by atoms with Crippen molar-refractivity contribution >= 4 is 33.0 Å². The first-order valence-corrected chi connectivity index (χ1v) is 10.9. The minimum Gasteiger partial charge on any atom is -0.339 e. The second-order valence-electron chi connectivity index (χ2n) is 6.14. The zero-order chi connectivity index (χ0) is 20.3. The maximum atomic E-state index is 12.6. The van der Waals surface area contributed by atoms with Crippen LogP contribution in [0.25, 0.3) is 10.7 Å². The number of hydrogen-bond donors (Lipinski definition) is 2. The molecule has 3 rings (SSSR count). The summed E-state index contributed by atoms with van der Waals surface area (Å²) in [5.74, 6) is 0.382. The highest BCUT2D eigenvalue weighted by molar-refractivity contribution is 7.89. The number of rotatable bonds is 7. The molecule has 0 aliphatic carbocycles. The van der Waals surface area contributed by atoms with Gasteiger partial charge in [0.25, 0.3) is 0 Å². The maximum Gasteiger partial charge on any atom is 0.242 e. The molecule has 2 aromatic heterocycles. The molecular weight excluding hydrogens is 400 g/mol. The smallest absolute Gasteiger partial charge is 0.242 e. The first kappa shape index (κ1) is 20.2. The summed E-state index contributed by atoms with van der Waals surface area (Å²) in [5, 5.41) is 6.53. The normalized spacial score (nSPS) is 11.5. The topological polar surface area (TPSA) is 114 Å². The molecule has 148 valence electrons. The molecule has 0 spiro atoms. The molecular formula is C18H20N4O4S2. The highest BCUT2D eigenvalue weighted by Crippen LogP contribution is 2.32. The average Bonchev–Trinajstić information content (AvgIpc) is 3.27. The lowest BCUT2D eigenvalue weighted by molar-refractivity contribution is -0.115. The fraction of sp³-hybridized carbons (Fsp3) is 0.278. The Balaban J connectivity index is 1.69. The fourth-order valence-corrected chi connectivity index (χ4v) is 5.00. The van der Waals surface area contributed by atoms with Crippen molar-refractivity contribution in [3.63, 3.8) is 0 Å². The molecule has 2 heterocycles. The summed E-state index contributed by atoms with van der Waals surface area (Å²) in [6, 6.07) is 8.75. The Morgan fingerprint density at radius 3 is 2.71 bits per heavy atom. The summed E-state index contributed by atoms with van der Waals surface area (Å²) >= 11 is 1.25. The predicted molar refractivity (Wildman–Crippen MR) is 107 cm³/mol. The number of sulfonamides is 1. The Kier molecular flexibility index (Phi) is 5.92. The largest absolute Gasteiger partial charge is 0.339 e. The Hall–Kier alpha value is -2.56.